The number of aromatic nitrogens is 2. The molecule has 0 radical (unpaired) electrons. The molecule has 2 nitrogen and oxygen atoms in total. The summed E-state index contributed by atoms with van der Waals surface area (Å²) in [6, 6.07) is 49.9. The largest absolute Gasteiger partial charge is 0.313 e. The average Bonchev–Trinajstić information content (AvgIpc) is 3.72. The van der Waals surface area contributed by atoms with Crippen LogP contribution in [0.5, 0.6) is 0 Å². The van der Waals surface area contributed by atoms with Crippen LogP contribution in [-0.2, 0) is 5.41 Å². The van der Waals surface area contributed by atoms with E-state index in [-0.39, 0.29) is 11.3 Å². The molecule has 0 spiro atoms. The lowest BCUT2D eigenvalue weighted by atomic mass is 9.79. The zero-order valence-electron chi connectivity index (χ0n) is 28.4. The summed E-state index contributed by atoms with van der Waals surface area (Å²) in [5, 5.41) is 3.94. The highest BCUT2D eigenvalue weighted by atomic mass is 15.0. The predicted molar refractivity (Wildman–Crippen MR) is 207 cm³/mol. The molecule has 0 bridgehead atoms. The van der Waals surface area contributed by atoms with Crippen LogP contribution >= 0.6 is 0 Å². The monoisotopic (exact) mass is 630 g/mol. The van der Waals surface area contributed by atoms with Gasteiger partial charge >= 0.3 is 0 Å². The highest BCUT2D eigenvalue weighted by Gasteiger charge is 2.36. The van der Waals surface area contributed by atoms with Gasteiger partial charge in [-0.05, 0) is 83.3 Å². The van der Waals surface area contributed by atoms with Crippen molar-refractivity contribution in [3.8, 4) is 22.5 Å². The molecule has 2 aliphatic carbocycles. The lowest BCUT2D eigenvalue weighted by Gasteiger charge is -2.28. The van der Waals surface area contributed by atoms with Gasteiger partial charge in [0, 0.05) is 56.0 Å². The molecule has 10 rings (SSSR count). The number of nitrogens with zero attached hydrogens (tertiary/aromatic N) is 2. The van der Waals surface area contributed by atoms with Crippen LogP contribution in [0.3, 0.4) is 0 Å². The van der Waals surface area contributed by atoms with Crippen LogP contribution in [0.2, 0.25) is 0 Å². The third-order valence-corrected chi connectivity index (χ3v) is 11.6. The summed E-state index contributed by atoms with van der Waals surface area (Å²) in [5.74, 6) is 0.578. The zero-order valence-corrected chi connectivity index (χ0v) is 28.4. The molecule has 0 saturated carbocycles. The Morgan fingerprint density at radius 2 is 1.18 bits per heavy atom. The van der Waals surface area contributed by atoms with E-state index in [1.165, 1.54) is 88.7 Å². The third kappa shape index (κ3) is 3.95. The first kappa shape index (κ1) is 28.4. The molecule has 236 valence electrons. The zero-order chi connectivity index (χ0) is 33.0. The first-order valence-corrected chi connectivity index (χ1v) is 17.6. The van der Waals surface area contributed by atoms with Crippen molar-refractivity contribution < 1.29 is 0 Å². The number of hydrogen-bond acceptors (Lipinski definition) is 0. The van der Waals surface area contributed by atoms with Gasteiger partial charge in [-0.2, -0.15) is 0 Å². The molecule has 0 fully saturated rings. The molecule has 49 heavy (non-hydrogen) atoms. The lowest BCUT2D eigenvalue weighted by Crippen LogP contribution is -2.15. The summed E-state index contributed by atoms with van der Waals surface area (Å²) in [6.07, 6.45) is 4.80. The van der Waals surface area contributed by atoms with Crippen molar-refractivity contribution in [2.24, 2.45) is 0 Å². The summed E-state index contributed by atoms with van der Waals surface area (Å²) in [7, 11) is 0. The molecular weight excluding hydrogens is 593 g/mol. The van der Waals surface area contributed by atoms with Gasteiger partial charge in [0.25, 0.3) is 0 Å². The van der Waals surface area contributed by atoms with Gasteiger partial charge in [-0.1, -0.05) is 123 Å². The van der Waals surface area contributed by atoms with Crippen LogP contribution in [0.1, 0.15) is 66.1 Å². The highest BCUT2D eigenvalue weighted by molar-refractivity contribution is 6.11. The summed E-state index contributed by atoms with van der Waals surface area (Å²) in [5.41, 5.74) is 17.1. The van der Waals surface area contributed by atoms with Crippen molar-refractivity contribution in [2.45, 2.75) is 44.9 Å². The van der Waals surface area contributed by atoms with Crippen molar-refractivity contribution in [2.75, 3.05) is 0 Å². The van der Waals surface area contributed by atoms with Gasteiger partial charge < -0.3 is 9.13 Å². The number of benzene rings is 6. The van der Waals surface area contributed by atoms with E-state index in [9.17, 15) is 0 Å². The molecule has 2 aromatic heterocycles. The lowest BCUT2D eigenvalue weighted by molar-refractivity contribution is 0.639. The number of rotatable bonds is 3. The molecule has 0 N–H and O–H groups in total. The maximum Gasteiger partial charge on any atom is 0.0547 e. The fraction of sp³-hybridized carbons (Fsp3) is 0.149. The minimum atomic E-state index is -0.0276. The maximum atomic E-state index is 2.50. The maximum absolute atomic E-state index is 2.50. The SMILES string of the molecule is Cc1ccc(-n2c3c(c4ccccc42)C=CC(c2ccc(-n4c5ccccc5c5cc6c(cc54)-c4ccccc4C6(C)C)cc2)C3C)cc1. The molecule has 2 aliphatic rings. The number of fused-ring (bicyclic) bond motifs is 9. The molecule has 0 saturated heterocycles. The Kier molecular flexibility index (Phi) is 5.92. The second-order valence-corrected chi connectivity index (χ2v) is 14.7. The molecule has 6 aromatic carbocycles. The Balaban J connectivity index is 1.09. The number of allylic oxidation sites excluding steroid dienone is 1. The van der Waals surface area contributed by atoms with Gasteiger partial charge in [-0.25, -0.2) is 0 Å². The first-order valence-electron chi connectivity index (χ1n) is 17.6. The van der Waals surface area contributed by atoms with E-state index >= 15 is 0 Å². The summed E-state index contributed by atoms with van der Waals surface area (Å²) < 4.78 is 4.96. The quantitative estimate of drug-likeness (QED) is 0.184. The van der Waals surface area contributed by atoms with E-state index in [2.05, 4.69) is 182 Å². The Bertz CT molecular complexity index is 2640. The van der Waals surface area contributed by atoms with E-state index in [4.69, 9.17) is 0 Å². The predicted octanol–water partition coefficient (Wildman–Crippen LogP) is 12.3. The Morgan fingerprint density at radius 1 is 0.551 bits per heavy atom. The molecule has 0 amide bonds. The van der Waals surface area contributed by atoms with E-state index in [1.807, 2.05) is 0 Å². The summed E-state index contributed by atoms with van der Waals surface area (Å²) >= 11 is 0. The van der Waals surface area contributed by atoms with E-state index in [1.54, 1.807) is 0 Å². The number of aryl methyl sites for hydroxylation is 1. The molecular formula is C47H38N2. The van der Waals surface area contributed by atoms with E-state index in [0.717, 1.165) is 0 Å². The molecule has 2 heterocycles. The van der Waals surface area contributed by atoms with Crippen molar-refractivity contribution in [1.29, 1.82) is 0 Å². The molecule has 2 atom stereocenters. The van der Waals surface area contributed by atoms with Gasteiger partial charge in [0.2, 0.25) is 0 Å². The van der Waals surface area contributed by atoms with Crippen LogP contribution in [-0.4, -0.2) is 9.13 Å². The van der Waals surface area contributed by atoms with Crippen molar-refractivity contribution in [3.05, 3.63) is 173 Å². The van der Waals surface area contributed by atoms with Gasteiger partial charge in [0.1, 0.15) is 0 Å². The van der Waals surface area contributed by atoms with Crippen LogP contribution in [0.4, 0.5) is 0 Å². The standard InChI is InChI=1S/C47H38N2/c1-29-17-21-33(22-18-29)49-44-16-10-6-12-36(44)38-26-25-34(30(2)46(38)49)31-19-23-32(24-20-31)48-43-15-9-7-13-37(43)40-27-42-39(28-45(40)48)35-11-5-8-14-41(35)47(42,3)4/h5-28,30,34H,1-4H3. The van der Waals surface area contributed by atoms with Gasteiger partial charge in [-0.15, -0.1) is 0 Å². The van der Waals surface area contributed by atoms with Gasteiger partial charge in [0.15, 0.2) is 0 Å². The molecule has 2 heteroatoms. The van der Waals surface area contributed by atoms with Gasteiger partial charge in [0.05, 0.1) is 16.6 Å². The van der Waals surface area contributed by atoms with Crippen LogP contribution in [0, 0.1) is 6.92 Å². The molecule has 8 aromatic rings. The van der Waals surface area contributed by atoms with Crippen molar-refractivity contribution in [3.63, 3.8) is 0 Å². The second-order valence-electron chi connectivity index (χ2n) is 14.7. The Hall–Kier alpha value is -5.60. The van der Waals surface area contributed by atoms with E-state index < -0.39 is 0 Å². The number of para-hydroxylation sites is 2. The normalized spacial score (nSPS) is 17.5. The summed E-state index contributed by atoms with van der Waals surface area (Å²) in [6.45, 7) is 9.29. The first-order chi connectivity index (χ1) is 23.9. The minimum Gasteiger partial charge on any atom is -0.313 e. The van der Waals surface area contributed by atoms with Gasteiger partial charge in [-0.3, -0.25) is 0 Å². The molecule has 2 unspecified atom stereocenters. The minimum absolute atomic E-state index is 0.0276. The van der Waals surface area contributed by atoms with Crippen molar-refractivity contribution >= 4 is 38.8 Å². The number of hydrogen-bond donors (Lipinski definition) is 0. The Morgan fingerprint density at radius 3 is 1.96 bits per heavy atom. The smallest absolute Gasteiger partial charge is 0.0547 e. The average molecular weight is 631 g/mol. The fourth-order valence-corrected chi connectivity index (χ4v) is 9.10. The third-order valence-electron chi connectivity index (χ3n) is 11.6. The van der Waals surface area contributed by atoms with Crippen molar-refractivity contribution in [1.82, 2.24) is 9.13 Å². The topological polar surface area (TPSA) is 9.86 Å². The van der Waals surface area contributed by atoms with Crippen LogP contribution in [0.15, 0.2) is 140 Å². The molecule has 0 aliphatic heterocycles. The highest BCUT2D eigenvalue weighted by Crippen LogP contribution is 2.51. The van der Waals surface area contributed by atoms with E-state index in [0.29, 0.717) is 5.92 Å². The second kappa shape index (κ2) is 10.2. The van der Waals surface area contributed by atoms with Crippen LogP contribution in [0.25, 0.3) is 61.3 Å². The Labute approximate surface area is 287 Å². The fourth-order valence-electron chi connectivity index (χ4n) is 9.10. The van der Waals surface area contributed by atoms with Crippen LogP contribution < -0.4 is 0 Å². The summed E-state index contributed by atoms with van der Waals surface area (Å²) in [4.78, 5) is 0.